The number of Topliss-reactive ketones (excluding diaryl/α,β-unsaturated/α-hetero) is 1. The second-order valence-electron chi connectivity index (χ2n) is 5.89. The van der Waals surface area contributed by atoms with Crippen LogP contribution in [0.2, 0.25) is 0 Å². The Balaban J connectivity index is 2.88. The molecule has 0 aromatic carbocycles. The van der Waals surface area contributed by atoms with Crippen molar-refractivity contribution in [3.63, 3.8) is 0 Å². The smallest absolute Gasteiger partial charge is 0.358 e. The van der Waals surface area contributed by atoms with Gasteiger partial charge in [-0.2, -0.15) is 0 Å². The molecule has 0 saturated carbocycles. The second-order valence-corrected chi connectivity index (χ2v) is 6.89. The summed E-state index contributed by atoms with van der Waals surface area (Å²) in [5.74, 6) is -0.336. The monoisotopic (exact) mass is 298 g/mol. The average Bonchev–Trinajstić information content (AvgIpc) is 2.78. The Morgan fingerprint density at radius 1 is 1.40 bits per heavy atom. The summed E-state index contributed by atoms with van der Waals surface area (Å²) in [6.07, 6.45) is 0. The first-order chi connectivity index (χ1) is 9.16. The molecule has 0 aliphatic heterocycles. The van der Waals surface area contributed by atoms with Crippen LogP contribution in [0.5, 0.6) is 0 Å². The number of anilines is 1. The van der Waals surface area contributed by atoms with E-state index in [0.717, 1.165) is 6.54 Å². The van der Waals surface area contributed by atoms with E-state index < -0.39 is 5.97 Å². The Hall–Kier alpha value is -1.43. The lowest BCUT2D eigenvalue weighted by atomic mass is 9.82. The number of rotatable bonds is 5. The van der Waals surface area contributed by atoms with E-state index in [9.17, 15) is 9.59 Å². The summed E-state index contributed by atoms with van der Waals surface area (Å²) in [5.41, 5.74) is 0.273. The van der Waals surface area contributed by atoms with Crippen molar-refractivity contribution in [1.82, 2.24) is 4.98 Å². The molecule has 1 unspecified atom stereocenters. The van der Waals surface area contributed by atoms with Gasteiger partial charge in [-0.05, 0) is 11.3 Å². The van der Waals surface area contributed by atoms with E-state index in [0.29, 0.717) is 15.9 Å². The van der Waals surface area contributed by atoms with Crippen LogP contribution in [0.4, 0.5) is 5.13 Å². The topological polar surface area (TPSA) is 68.3 Å². The van der Waals surface area contributed by atoms with Gasteiger partial charge < -0.3 is 10.1 Å². The number of ketones is 1. The number of thiazole rings is 1. The summed E-state index contributed by atoms with van der Waals surface area (Å²) in [6, 6.07) is 0. The lowest BCUT2D eigenvalue weighted by molar-refractivity contribution is 0.0591. The molecule has 20 heavy (non-hydrogen) atoms. The number of nitrogens with zero attached hydrogens (tertiary/aromatic N) is 1. The molecule has 0 bridgehead atoms. The zero-order chi connectivity index (χ0) is 15.5. The Morgan fingerprint density at radius 2 is 2.00 bits per heavy atom. The van der Waals surface area contributed by atoms with Gasteiger partial charge in [0.15, 0.2) is 16.6 Å². The maximum absolute atomic E-state index is 11.6. The third kappa shape index (κ3) is 4.03. The van der Waals surface area contributed by atoms with Crippen LogP contribution in [0, 0.1) is 11.3 Å². The van der Waals surface area contributed by atoms with Gasteiger partial charge in [0, 0.05) is 13.5 Å². The molecule has 1 heterocycles. The first kappa shape index (κ1) is 16.6. The SMILES string of the molecule is COC(=O)c1nc(NCC(C)C(C)(C)C)sc1C(C)=O. The maximum atomic E-state index is 11.6. The van der Waals surface area contributed by atoms with Gasteiger partial charge in [0.2, 0.25) is 0 Å². The molecule has 0 aliphatic carbocycles. The van der Waals surface area contributed by atoms with Crippen molar-refractivity contribution in [3.05, 3.63) is 10.6 Å². The molecule has 112 valence electrons. The molecule has 1 aromatic heterocycles. The second kappa shape index (κ2) is 6.35. The fourth-order valence-electron chi connectivity index (χ4n) is 1.42. The molecule has 0 aliphatic rings. The third-order valence-corrected chi connectivity index (χ3v) is 4.48. The highest BCUT2D eigenvalue weighted by Gasteiger charge is 2.23. The Morgan fingerprint density at radius 3 is 2.45 bits per heavy atom. The van der Waals surface area contributed by atoms with Crippen LogP contribution >= 0.6 is 11.3 Å². The lowest BCUT2D eigenvalue weighted by Crippen LogP contribution is -2.24. The molecule has 0 fully saturated rings. The summed E-state index contributed by atoms with van der Waals surface area (Å²) in [4.78, 5) is 27.6. The Bertz CT molecular complexity index is 503. The van der Waals surface area contributed by atoms with Crippen molar-refractivity contribution in [2.24, 2.45) is 11.3 Å². The van der Waals surface area contributed by atoms with E-state index in [-0.39, 0.29) is 16.9 Å². The average molecular weight is 298 g/mol. The summed E-state index contributed by atoms with van der Waals surface area (Å²) >= 11 is 1.19. The van der Waals surface area contributed by atoms with Crippen molar-refractivity contribution in [2.45, 2.75) is 34.6 Å². The zero-order valence-corrected chi connectivity index (χ0v) is 13.7. The van der Waals surface area contributed by atoms with Crippen LogP contribution in [0.1, 0.15) is 54.8 Å². The van der Waals surface area contributed by atoms with Crippen molar-refractivity contribution in [3.8, 4) is 0 Å². The fourth-order valence-corrected chi connectivity index (χ4v) is 2.27. The Labute approximate surface area is 123 Å². The van der Waals surface area contributed by atoms with Crippen LogP contribution in [-0.4, -0.2) is 30.4 Å². The quantitative estimate of drug-likeness (QED) is 0.667. The summed E-state index contributed by atoms with van der Waals surface area (Å²) < 4.78 is 4.65. The lowest BCUT2D eigenvalue weighted by Gasteiger charge is -2.27. The molecule has 0 radical (unpaired) electrons. The molecule has 6 heteroatoms. The molecule has 0 spiro atoms. The maximum Gasteiger partial charge on any atom is 0.358 e. The highest BCUT2D eigenvalue weighted by atomic mass is 32.1. The van der Waals surface area contributed by atoms with Crippen LogP contribution in [0.25, 0.3) is 0 Å². The number of nitrogens with one attached hydrogen (secondary N) is 1. The van der Waals surface area contributed by atoms with Crippen molar-refractivity contribution >= 4 is 28.2 Å². The molecular weight excluding hydrogens is 276 g/mol. The fraction of sp³-hybridized carbons (Fsp3) is 0.643. The summed E-state index contributed by atoms with van der Waals surface area (Å²) in [7, 11) is 1.28. The number of ether oxygens (including phenoxy) is 1. The van der Waals surface area contributed by atoms with Gasteiger partial charge in [0.25, 0.3) is 0 Å². The first-order valence-electron chi connectivity index (χ1n) is 6.50. The largest absolute Gasteiger partial charge is 0.464 e. The van der Waals surface area contributed by atoms with Crippen molar-refractivity contribution < 1.29 is 14.3 Å². The predicted molar refractivity (Wildman–Crippen MR) is 80.6 cm³/mol. The zero-order valence-electron chi connectivity index (χ0n) is 12.9. The van der Waals surface area contributed by atoms with Crippen molar-refractivity contribution in [1.29, 1.82) is 0 Å². The first-order valence-corrected chi connectivity index (χ1v) is 7.32. The van der Waals surface area contributed by atoms with Gasteiger partial charge in [-0.15, -0.1) is 0 Å². The number of esters is 1. The van der Waals surface area contributed by atoms with Crippen LogP contribution in [0.15, 0.2) is 0 Å². The predicted octanol–water partition coefficient (Wildman–Crippen LogP) is 3.23. The van der Waals surface area contributed by atoms with Gasteiger partial charge in [-0.25, -0.2) is 9.78 Å². The van der Waals surface area contributed by atoms with E-state index in [1.807, 2.05) is 0 Å². The van der Waals surface area contributed by atoms with Crippen molar-refractivity contribution in [2.75, 3.05) is 19.0 Å². The molecule has 5 nitrogen and oxygen atoms in total. The molecule has 1 aromatic rings. The summed E-state index contributed by atoms with van der Waals surface area (Å²) in [6.45, 7) is 10.8. The minimum absolute atomic E-state index is 0.0934. The van der Waals surface area contributed by atoms with Crippen LogP contribution in [-0.2, 0) is 4.74 Å². The molecule has 0 saturated heterocycles. The van der Waals surface area contributed by atoms with Gasteiger partial charge in [0.1, 0.15) is 4.88 Å². The molecule has 1 rings (SSSR count). The third-order valence-electron chi connectivity index (χ3n) is 3.36. The number of aromatic nitrogens is 1. The number of carbonyl (C=O) groups excluding carboxylic acids is 2. The van der Waals surface area contributed by atoms with Gasteiger partial charge in [0.05, 0.1) is 7.11 Å². The minimum atomic E-state index is -0.580. The standard InChI is InChI=1S/C14H22N2O3S/c1-8(14(3,4)5)7-15-13-16-10(12(18)19-6)11(20-13)9(2)17/h8H,7H2,1-6H3,(H,15,16). The Kier molecular flexibility index (Phi) is 5.28. The highest BCUT2D eigenvalue weighted by molar-refractivity contribution is 7.17. The summed E-state index contributed by atoms with van der Waals surface area (Å²) in [5, 5.41) is 3.77. The molecule has 1 N–H and O–H groups in total. The minimum Gasteiger partial charge on any atom is -0.464 e. The van der Waals surface area contributed by atoms with Gasteiger partial charge in [-0.1, -0.05) is 39.0 Å². The normalized spacial score (nSPS) is 12.9. The highest BCUT2D eigenvalue weighted by Crippen LogP contribution is 2.28. The number of hydrogen-bond acceptors (Lipinski definition) is 6. The van der Waals surface area contributed by atoms with E-state index in [4.69, 9.17) is 0 Å². The van der Waals surface area contributed by atoms with E-state index in [1.165, 1.54) is 25.4 Å². The van der Waals surface area contributed by atoms with Crippen LogP contribution in [0.3, 0.4) is 0 Å². The molecule has 1 atom stereocenters. The number of hydrogen-bond donors (Lipinski definition) is 1. The van der Waals surface area contributed by atoms with E-state index in [1.54, 1.807) is 0 Å². The number of methoxy groups -OCH3 is 1. The number of carbonyl (C=O) groups is 2. The van der Waals surface area contributed by atoms with Crippen LogP contribution < -0.4 is 5.32 Å². The van der Waals surface area contributed by atoms with E-state index in [2.05, 4.69) is 42.7 Å². The van der Waals surface area contributed by atoms with Gasteiger partial charge in [-0.3, -0.25) is 4.79 Å². The van der Waals surface area contributed by atoms with Gasteiger partial charge >= 0.3 is 5.97 Å². The van der Waals surface area contributed by atoms with E-state index >= 15 is 0 Å². The molecule has 0 amide bonds. The molecular formula is C14H22N2O3S.